The third kappa shape index (κ3) is 8.08. The molecule has 6 rings (SSSR count). The molecule has 0 spiro atoms. The van der Waals surface area contributed by atoms with Gasteiger partial charge in [0.05, 0.1) is 29.0 Å². The van der Waals surface area contributed by atoms with Crippen molar-refractivity contribution in [3.63, 3.8) is 0 Å². The number of imidazole rings is 1. The SMILES string of the molecule is [3H]OCC1(C)OC(n2c(NCCCNS(=O)(=O)c3ccc(N=Nc4ccc(N(C)C)cc4)cc3)nc3c(NC(=O)c4ccccc4)ncnc32)CC1O. The first kappa shape index (κ1) is 35.1. The van der Waals surface area contributed by atoms with Crippen LogP contribution < -0.4 is 20.3 Å². The molecule has 52 heavy (non-hydrogen) atoms. The van der Waals surface area contributed by atoms with Gasteiger partial charge in [0.25, 0.3) is 5.91 Å². The summed E-state index contributed by atoms with van der Waals surface area (Å²) < 4.78 is 43.8. The van der Waals surface area contributed by atoms with Crippen LogP contribution in [0.3, 0.4) is 0 Å². The smallest absolute Gasteiger partial charge is 0.256 e. The molecular weight excluding hydrogens is 689 g/mol. The van der Waals surface area contributed by atoms with Crippen LogP contribution in [-0.4, -0.2) is 91.0 Å². The monoisotopic (exact) mass is 730 g/mol. The lowest BCUT2D eigenvalue weighted by atomic mass is 10.0. The molecule has 0 radical (unpaired) electrons. The van der Waals surface area contributed by atoms with Gasteiger partial charge in [0.15, 0.2) is 17.0 Å². The Kier molecular flexibility index (Phi) is 10.5. The Morgan fingerprint density at radius 2 is 1.73 bits per heavy atom. The maximum atomic E-state index is 13.0. The molecule has 5 aromatic rings. The molecule has 1 saturated heterocycles. The van der Waals surface area contributed by atoms with Crippen molar-refractivity contribution in [1.29, 1.82) is 1.43 Å². The number of hydrogen-bond donors (Lipinski definition) is 5. The van der Waals surface area contributed by atoms with E-state index in [2.05, 4.69) is 40.7 Å². The van der Waals surface area contributed by atoms with Crippen molar-refractivity contribution in [3.8, 4) is 0 Å². The van der Waals surface area contributed by atoms with Gasteiger partial charge in [-0.1, -0.05) is 18.2 Å². The molecule has 1 aliphatic heterocycles. The molecule has 0 aliphatic carbocycles. The van der Waals surface area contributed by atoms with E-state index in [4.69, 9.17) is 11.2 Å². The van der Waals surface area contributed by atoms with Gasteiger partial charge in [-0.3, -0.25) is 9.36 Å². The largest absolute Gasteiger partial charge is 0.393 e. The van der Waals surface area contributed by atoms with E-state index in [-0.39, 0.29) is 48.3 Å². The number of benzene rings is 3. The molecule has 2 aromatic heterocycles. The van der Waals surface area contributed by atoms with E-state index in [0.29, 0.717) is 35.0 Å². The Morgan fingerprint density at radius 1 is 1.04 bits per heavy atom. The van der Waals surface area contributed by atoms with Crippen molar-refractivity contribution in [2.24, 2.45) is 10.2 Å². The van der Waals surface area contributed by atoms with Gasteiger partial charge in [-0.05, 0) is 74.0 Å². The molecule has 1 fully saturated rings. The highest BCUT2D eigenvalue weighted by Crippen LogP contribution is 2.40. The summed E-state index contributed by atoms with van der Waals surface area (Å²) >= 11 is 0. The van der Waals surface area contributed by atoms with Crippen molar-refractivity contribution in [2.75, 3.05) is 49.3 Å². The van der Waals surface area contributed by atoms with Crippen LogP contribution in [0.5, 0.6) is 0 Å². The van der Waals surface area contributed by atoms with Crippen molar-refractivity contribution >= 4 is 55.9 Å². The van der Waals surface area contributed by atoms with Crippen LogP contribution in [0, 0.1) is 0 Å². The zero-order valence-corrected chi connectivity index (χ0v) is 29.6. The predicted molar refractivity (Wildman–Crippen MR) is 196 cm³/mol. The lowest BCUT2D eigenvalue weighted by molar-refractivity contribution is -0.114. The summed E-state index contributed by atoms with van der Waals surface area (Å²) in [6.45, 7) is 1.86. The minimum Gasteiger partial charge on any atom is -0.393 e. The molecule has 3 atom stereocenters. The fourth-order valence-corrected chi connectivity index (χ4v) is 6.61. The summed E-state index contributed by atoms with van der Waals surface area (Å²) in [5.74, 6) is 0.0743. The highest BCUT2D eigenvalue weighted by Gasteiger charge is 2.46. The Bertz CT molecular complexity index is 2170. The van der Waals surface area contributed by atoms with Crippen LogP contribution in [-0.2, 0) is 14.8 Å². The van der Waals surface area contributed by atoms with Gasteiger partial charge in [0.1, 0.15) is 18.2 Å². The van der Waals surface area contributed by atoms with E-state index >= 15 is 0 Å². The third-order valence-corrected chi connectivity index (χ3v) is 10.1. The number of azo groups is 1. The fraction of sp³-hybridized carbons (Fsp3) is 0.314. The number of amides is 1. The number of anilines is 3. The summed E-state index contributed by atoms with van der Waals surface area (Å²) in [6, 6.07) is 22.3. The number of aliphatic hydroxyl groups excluding tert-OH is 2. The average molecular weight is 731 g/mol. The van der Waals surface area contributed by atoms with Crippen LogP contribution in [0.15, 0.2) is 100 Å². The number of aliphatic hydroxyl groups is 2. The third-order valence-electron chi connectivity index (χ3n) is 8.58. The number of ether oxygens (including phenoxy) is 1. The lowest BCUT2D eigenvalue weighted by Crippen LogP contribution is -2.39. The van der Waals surface area contributed by atoms with E-state index < -0.39 is 28.0 Å². The maximum Gasteiger partial charge on any atom is 0.256 e. The number of aromatic nitrogens is 4. The quantitative estimate of drug-likeness (QED) is 0.0755. The number of fused-ring (bicyclic) bond motifs is 1. The first-order valence-corrected chi connectivity index (χ1v) is 18.0. The highest BCUT2D eigenvalue weighted by molar-refractivity contribution is 7.89. The molecule has 1 aliphatic rings. The van der Waals surface area contributed by atoms with Gasteiger partial charge in [0.2, 0.25) is 17.4 Å². The molecule has 17 heteroatoms. The van der Waals surface area contributed by atoms with Crippen molar-refractivity contribution in [3.05, 3.63) is 90.8 Å². The molecule has 3 aromatic carbocycles. The Morgan fingerprint density at radius 3 is 2.40 bits per heavy atom. The van der Waals surface area contributed by atoms with Crippen molar-refractivity contribution < 1.29 is 28.2 Å². The van der Waals surface area contributed by atoms with Crippen LogP contribution in [0.2, 0.25) is 0 Å². The van der Waals surface area contributed by atoms with E-state index in [1.54, 1.807) is 54.0 Å². The molecule has 272 valence electrons. The molecule has 5 N–H and O–H groups in total. The first-order valence-electron chi connectivity index (χ1n) is 16.9. The number of sulfonamides is 1. The highest BCUT2D eigenvalue weighted by atomic mass is 32.2. The van der Waals surface area contributed by atoms with Crippen LogP contribution in [0.25, 0.3) is 11.2 Å². The summed E-state index contributed by atoms with van der Waals surface area (Å²) in [6.07, 6.45) is 0.0587. The van der Waals surface area contributed by atoms with E-state index in [0.717, 1.165) is 5.69 Å². The van der Waals surface area contributed by atoms with Crippen molar-refractivity contribution in [1.82, 2.24) is 24.2 Å². The van der Waals surface area contributed by atoms with Gasteiger partial charge < -0.3 is 30.5 Å². The number of nitrogens with zero attached hydrogens (tertiary/aromatic N) is 7. The minimum absolute atomic E-state index is 0.0850. The Hall–Kier alpha value is -5.33. The topological polar surface area (TPSA) is 209 Å². The molecule has 3 heterocycles. The number of nitrogens with one attached hydrogen (secondary N) is 3. The van der Waals surface area contributed by atoms with Gasteiger partial charge in [-0.15, -0.1) is 0 Å². The maximum absolute atomic E-state index is 13.0. The molecule has 1 amide bonds. The lowest BCUT2D eigenvalue weighted by Gasteiger charge is -2.25. The van der Waals surface area contributed by atoms with E-state index in [1.165, 1.54) is 18.5 Å². The summed E-state index contributed by atoms with van der Waals surface area (Å²) in [7, 11) is 0.0863. The average Bonchev–Trinajstić information content (AvgIpc) is 3.67. The molecule has 0 bridgehead atoms. The number of carbonyl (C=O) groups is 1. The molecular formula is C35H40N10O6S. The normalized spacial score (nSPS) is 19.2. The van der Waals surface area contributed by atoms with Gasteiger partial charge in [-0.25, -0.2) is 28.1 Å². The number of carbonyl (C=O) groups excluding carboxylic acids is 1. The van der Waals surface area contributed by atoms with Gasteiger partial charge in [0, 0.05) is 44.9 Å². The molecule has 0 saturated carbocycles. The first-order chi connectivity index (χ1) is 25.5. The van der Waals surface area contributed by atoms with Crippen LogP contribution in [0.4, 0.5) is 28.8 Å². The molecule has 16 nitrogen and oxygen atoms in total. The van der Waals surface area contributed by atoms with Gasteiger partial charge >= 0.3 is 0 Å². The molecule has 3 unspecified atom stereocenters. The van der Waals surface area contributed by atoms with Crippen LogP contribution in [0.1, 0.15) is 36.4 Å². The second-order valence-corrected chi connectivity index (χ2v) is 14.4. The Labute approximate surface area is 302 Å². The zero-order chi connectivity index (χ0) is 37.6. The Balaban J connectivity index is 1.12. The van der Waals surface area contributed by atoms with Gasteiger partial charge in [-0.2, -0.15) is 10.2 Å². The second kappa shape index (κ2) is 15.5. The summed E-state index contributed by atoms with van der Waals surface area (Å²) in [5, 5.41) is 29.8. The van der Waals surface area contributed by atoms with E-state index in [9.17, 15) is 18.3 Å². The van der Waals surface area contributed by atoms with Crippen LogP contribution >= 0.6 is 0 Å². The number of hydrogen-bond acceptors (Lipinski definition) is 13. The zero-order valence-electron chi connectivity index (χ0n) is 29.8. The van der Waals surface area contributed by atoms with Crippen molar-refractivity contribution in [2.45, 2.75) is 42.6 Å². The summed E-state index contributed by atoms with van der Waals surface area (Å²) in [5.41, 5.74) is 2.07. The summed E-state index contributed by atoms with van der Waals surface area (Å²) in [4.78, 5) is 28.4. The second-order valence-electron chi connectivity index (χ2n) is 12.6. The van der Waals surface area contributed by atoms with E-state index in [1.807, 2.05) is 43.3 Å². The number of rotatable bonds is 15. The standard InChI is InChI=1S/C35H40N10O6S/c1-35(21-46)28(47)20-29(51-35)45-32-30(31(37-22-38-32)41-33(48)23-8-5-4-6-9-23)40-34(45)36-18-7-19-39-52(49,50)27-16-12-25(13-17-27)43-42-24-10-14-26(15-11-24)44(2)3/h4-6,8-17,22,28-29,39,46-47H,7,18-21H2,1-3H3,(H,36,40)(H,37,38,41,48)/i46T. The minimum atomic E-state index is -3.82. The predicted octanol–water partition coefficient (Wildman–Crippen LogP) is 4.37. The fourth-order valence-electron chi connectivity index (χ4n) is 5.54.